The molecule has 0 fully saturated rings. The molecule has 0 bridgehead atoms. The smallest absolute Gasteiger partial charge is 0.269 e. The summed E-state index contributed by atoms with van der Waals surface area (Å²) in [6.45, 7) is 4.30. The first-order valence-corrected chi connectivity index (χ1v) is 6.39. The third-order valence-corrected chi connectivity index (χ3v) is 2.74. The van der Waals surface area contributed by atoms with E-state index in [1.807, 2.05) is 37.3 Å². The zero-order chi connectivity index (χ0) is 13.5. The first-order valence-electron chi connectivity index (χ1n) is 6.39. The van der Waals surface area contributed by atoms with Crippen molar-refractivity contribution in [2.75, 3.05) is 19.6 Å². The first-order chi connectivity index (χ1) is 9.33. The van der Waals surface area contributed by atoms with Gasteiger partial charge in [0.2, 0.25) is 0 Å². The number of hydrogen-bond donors (Lipinski definition) is 2. The maximum absolute atomic E-state index is 12.1. The van der Waals surface area contributed by atoms with Crippen LogP contribution in [0.1, 0.15) is 17.4 Å². The fraction of sp³-hybridized carbons (Fsp3) is 0.286. The molecule has 2 N–H and O–H groups in total. The molecule has 0 saturated heterocycles. The van der Waals surface area contributed by atoms with Crippen molar-refractivity contribution in [2.24, 2.45) is 0 Å². The lowest BCUT2D eigenvalue weighted by Crippen LogP contribution is -2.32. The number of amides is 1. The van der Waals surface area contributed by atoms with Gasteiger partial charge in [0, 0.05) is 18.8 Å². The predicted octanol–water partition coefficient (Wildman–Crippen LogP) is 2.06. The molecular formula is C14H20Cl2N4O. The fourth-order valence-corrected chi connectivity index (χ4v) is 1.79. The van der Waals surface area contributed by atoms with Crippen molar-refractivity contribution in [3.05, 3.63) is 48.5 Å². The monoisotopic (exact) mass is 330 g/mol. The van der Waals surface area contributed by atoms with Crippen molar-refractivity contribution < 1.29 is 4.79 Å². The van der Waals surface area contributed by atoms with Crippen LogP contribution in [0.4, 0.5) is 0 Å². The number of para-hydroxylation sites is 1. The molecule has 21 heavy (non-hydrogen) atoms. The Morgan fingerprint density at radius 2 is 1.90 bits per heavy atom. The number of carbonyl (C=O) groups is 1. The highest BCUT2D eigenvalue weighted by molar-refractivity contribution is 5.93. The van der Waals surface area contributed by atoms with E-state index < -0.39 is 0 Å². The number of aromatic nitrogens is 2. The molecule has 1 heterocycles. The summed E-state index contributed by atoms with van der Waals surface area (Å²) in [4.78, 5) is 16.1. The highest BCUT2D eigenvalue weighted by Gasteiger charge is 2.11. The Labute approximate surface area is 137 Å². The summed E-state index contributed by atoms with van der Waals surface area (Å²) in [5.41, 5.74) is 1.47. The average Bonchev–Trinajstić information content (AvgIpc) is 2.94. The van der Waals surface area contributed by atoms with E-state index in [1.165, 1.54) is 0 Å². The van der Waals surface area contributed by atoms with Gasteiger partial charge in [-0.25, -0.2) is 4.98 Å². The largest absolute Gasteiger partial charge is 0.349 e. The molecule has 0 aliphatic heterocycles. The van der Waals surface area contributed by atoms with Crippen LogP contribution >= 0.6 is 24.8 Å². The summed E-state index contributed by atoms with van der Waals surface area (Å²) >= 11 is 0. The highest BCUT2D eigenvalue weighted by Crippen LogP contribution is 2.10. The van der Waals surface area contributed by atoms with E-state index in [9.17, 15) is 4.79 Å². The van der Waals surface area contributed by atoms with E-state index in [1.54, 1.807) is 17.1 Å². The molecule has 0 atom stereocenters. The number of benzene rings is 1. The minimum absolute atomic E-state index is 0. The molecule has 0 unspecified atom stereocenters. The second-order valence-electron chi connectivity index (χ2n) is 4.09. The average molecular weight is 331 g/mol. The molecule has 0 aliphatic carbocycles. The molecule has 0 radical (unpaired) electrons. The van der Waals surface area contributed by atoms with Gasteiger partial charge in [-0.15, -0.1) is 24.8 Å². The van der Waals surface area contributed by atoms with Crippen molar-refractivity contribution in [1.82, 2.24) is 20.2 Å². The second-order valence-corrected chi connectivity index (χ2v) is 4.09. The number of rotatable bonds is 6. The van der Waals surface area contributed by atoms with Gasteiger partial charge < -0.3 is 10.6 Å². The van der Waals surface area contributed by atoms with Crippen LogP contribution in [0.15, 0.2) is 42.9 Å². The van der Waals surface area contributed by atoms with Gasteiger partial charge in [0.1, 0.15) is 5.69 Å². The van der Waals surface area contributed by atoms with E-state index in [2.05, 4.69) is 15.6 Å². The van der Waals surface area contributed by atoms with Crippen LogP contribution in [0.3, 0.4) is 0 Å². The molecule has 1 aromatic heterocycles. The van der Waals surface area contributed by atoms with Gasteiger partial charge in [0.05, 0.1) is 12.5 Å². The standard InChI is InChI=1S/C14H18N4O.2ClH/c1-2-15-8-9-17-14(19)13-10-16-11-18(13)12-6-4-3-5-7-12;;/h3-7,10-11,15H,2,8-9H2,1H3,(H,17,19);2*1H. The number of nitrogens with zero attached hydrogens (tertiary/aromatic N) is 2. The van der Waals surface area contributed by atoms with Gasteiger partial charge in [-0.1, -0.05) is 25.1 Å². The van der Waals surface area contributed by atoms with Gasteiger partial charge in [0.15, 0.2) is 0 Å². The lowest BCUT2D eigenvalue weighted by molar-refractivity contribution is 0.0947. The Morgan fingerprint density at radius 1 is 1.19 bits per heavy atom. The minimum atomic E-state index is -0.112. The Balaban J connectivity index is 0.00000200. The van der Waals surface area contributed by atoms with Crippen LogP contribution in [0.5, 0.6) is 0 Å². The van der Waals surface area contributed by atoms with Gasteiger partial charge in [0.25, 0.3) is 5.91 Å². The zero-order valence-electron chi connectivity index (χ0n) is 11.8. The molecule has 116 valence electrons. The van der Waals surface area contributed by atoms with Gasteiger partial charge in [-0.2, -0.15) is 0 Å². The minimum Gasteiger partial charge on any atom is -0.349 e. The Morgan fingerprint density at radius 3 is 2.57 bits per heavy atom. The van der Waals surface area contributed by atoms with E-state index in [-0.39, 0.29) is 30.7 Å². The van der Waals surface area contributed by atoms with E-state index >= 15 is 0 Å². The summed E-state index contributed by atoms with van der Waals surface area (Å²) in [6.07, 6.45) is 3.23. The normalized spacial score (nSPS) is 9.38. The number of likely N-dealkylation sites (N-methyl/N-ethyl adjacent to an activating group) is 1. The molecule has 1 amide bonds. The Kier molecular flexibility index (Phi) is 9.45. The number of carbonyl (C=O) groups excluding carboxylic acids is 1. The molecule has 5 nitrogen and oxygen atoms in total. The van der Waals surface area contributed by atoms with Crippen molar-refractivity contribution >= 4 is 30.7 Å². The van der Waals surface area contributed by atoms with Gasteiger partial charge in [-0.05, 0) is 18.7 Å². The van der Waals surface area contributed by atoms with Crippen LogP contribution < -0.4 is 10.6 Å². The summed E-state index contributed by atoms with van der Waals surface area (Å²) < 4.78 is 1.78. The summed E-state index contributed by atoms with van der Waals surface area (Å²) in [5, 5.41) is 6.03. The molecule has 0 aliphatic rings. The van der Waals surface area contributed by atoms with Crippen molar-refractivity contribution in [3.63, 3.8) is 0 Å². The summed E-state index contributed by atoms with van der Waals surface area (Å²) in [6, 6.07) is 9.69. The fourth-order valence-electron chi connectivity index (χ4n) is 1.79. The molecule has 0 saturated carbocycles. The molecule has 2 rings (SSSR count). The van der Waals surface area contributed by atoms with Crippen LogP contribution in [0.2, 0.25) is 0 Å². The van der Waals surface area contributed by atoms with Gasteiger partial charge in [-0.3, -0.25) is 9.36 Å². The number of halogens is 2. The van der Waals surface area contributed by atoms with Crippen LogP contribution in [0.25, 0.3) is 5.69 Å². The number of hydrogen-bond acceptors (Lipinski definition) is 3. The first kappa shape index (κ1) is 19.4. The topological polar surface area (TPSA) is 58.9 Å². The predicted molar refractivity (Wildman–Crippen MR) is 88.9 cm³/mol. The van der Waals surface area contributed by atoms with Crippen LogP contribution in [0, 0.1) is 0 Å². The second kappa shape index (κ2) is 10.2. The third kappa shape index (κ3) is 5.38. The number of nitrogens with one attached hydrogen (secondary N) is 2. The van der Waals surface area contributed by atoms with Crippen LogP contribution in [-0.2, 0) is 0 Å². The zero-order valence-corrected chi connectivity index (χ0v) is 13.4. The molecule has 1 aromatic carbocycles. The molecule has 7 heteroatoms. The third-order valence-electron chi connectivity index (χ3n) is 2.74. The maximum Gasteiger partial charge on any atom is 0.269 e. The highest BCUT2D eigenvalue weighted by atomic mass is 35.5. The van der Waals surface area contributed by atoms with E-state index in [0.29, 0.717) is 12.2 Å². The molecular weight excluding hydrogens is 311 g/mol. The molecule has 2 aromatic rings. The van der Waals surface area contributed by atoms with Gasteiger partial charge >= 0.3 is 0 Å². The van der Waals surface area contributed by atoms with Crippen molar-refractivity contribution in [1.29, 1.82) is 0 Å². The molecule has 0 spiro atoms. The quantitative estimate of drug-likeness (QED) is 0.797. The van der Waals surface area contributed by atoms with Crippen molar-refractivity contribution in [2.45, 2.75) is 6.92 Å². The lowest BCUT2D eigenvalue weighted by Gasteiger charge is -2.08. The SMILES string of the molecule is CCNCCNC(=O)c1cncn1-c1ccccc1.Cl.Cl. The number of imidazole rings is 1. The lowest BCUT2D eigenvalue weighted by atomic mass is 10.3. The Bertz CT molecular complexity index is 531. The summed E-state index contributed by atoms with van der Waals surface area (Å²) in [5.74, 6) is -0.112. The Hall–Kier alpha value is -1.56. The van der Waals surface area contributed by atoms with Crippen molar-refractivity contribution in [3.8, 4) is 5.69 Å². The van der Waals surface area contributed by atoms with Crippen LogP contribution in [-0.4, -0.2) is 35.1 Å². The summed E-state index contributed by atoms with van der Waals surface area (Å²) in [7, 11) is 0. The van der Waals surface area contributed by atoms with E-state index in [4.69, 9.17) is 0 Å². The maximum atomic E-state index is 12.1. The van der Waals surface area contributed by atoms with E-state index in [0.717, 1.165) is 18.8 Å².